The molecule has 23 heavy (non-hydrogen) atoms. The smallest absolute Gasteiger partial charge is 0.337 e. The SMILES string of the molecule is COC(=O)c1ccc(OC(=O)CCCCCCC(=O)N[OH2+])cc1. The van der Waals surface area contributed by atoms with E-state index in [0.29, 0.717) is 37.0 Å². The number of amides is 1. The van der Waals surface area contributed by atoms with Crippen molar-refractivity contribution in [3.8, 4) is 5.75 Å². The summed E-state index contributed by atoms with van der Waals surface area (Å²) < 4.78 is 9.75. The van der Waals surface area contributed by atoms with Crippen LogP contribution >= 0.6 is 0 Å². The highest BCUT2D eigenvalue weighted by Gasteiger charge is 2.08. The molecule has 1 amide bonds. The van der Waals surface area contributed by atoms with E-state index in [1.807, 2.05) is 5.48 Å². The predicted molar refractivity (Wildman–Crippen MR) is 82.9 cm³/mol. The van der Waals surface area contributed by atoms with Gasteiger partial charge in [-0.2, -0.15) is 0 Å². The van der Waals surface area contributed by atoms with Crippen LogP contribution in [0.15, 0.2) is 24.3 Å². The minimum atomic E-state index is -0.443. The fraction of sp³-hybridized carbons (Fsp3) is 0.438. The Labute approximate surface area is 134 Å². The minimum Gasteiger partial charge on any atom is -0.465 e. The molecule has 1 rings (SSSR count). The van der Waals surface area contributed by atoms with Crippen LogP contribution in [0.4, 0.5) is 0 Å². The van der Waals surface area contributed by atoms with Gasteiger partial charge in [0, 0.05) is 12.8 Å². The van der Waals surface area contributed by atoms with Gasteiger partial charge in [-0.3, -0.25) is 9.59 Å². The maximum atomic E-state index is 11.7. The van der Waals surface area contributed by atoms with Gasteiger partial charge in [-0.1, -0.05) is 12.8 Å². The third kappa shape index (κ3) is 7.42. The number of hydroxylamine groups is 1. The van der Waals surface area contributed by atoms with Crippen molar-refractivity contribution >= 4 is 17.8 Å². The number of hydrogen-bond donors (Lipinski definition) is 1. The highest BCUT2D eigenvalue weighted by Crippen LogP contribution is 2.14. The molecule has 0 aromatic heterocycles. The van der Waals surface area contributed by atoms with Crippen molar-refractivity contribution in [1.29, 1.82) is 0 Å². The van der Waals surface area contributed by atoms with Crippen molar-refractivity contribution in [2.45, 2.75) is 38.5 Å². The van der Waals surface area contributed by atoms with Crippen LogP contribution in [0.5, 0.6) is 5.75 Å². The number of nitrogens with one attached hydrogen (secondary N) is 1. The number of benzene rings is 1. The number of rotatable bonds is 9. The Kier molecular flexibility index (Phi) is 8.38. The van der Waals surface area contributed by atoms with E-state index in [2.05, 4.69) is 4.74 Å². The molecule has 0 heterocycles. The van der Waals surface area contributed by atoms with Crippen LogP contribution in [-0.4, -0.2) is 30.2 Å². The van der Waals surface area contributed by atoms with E-state index in [0.717, 1.165) is 12.8 Å². The molecule has 0 bridgehead atoms. The van der Waals surface area contributed by atoms with Crippen LogP contribution in [0, 0.1) is 0 Å². The average molecular weight is 324 g/mol. The average Bonchev–Trinajstić information content (AvgIpc) is 2.57. The van der Waals surface area contributed by atoms with Crippen LogP contribution in [0.2, 0.25) is 0 Å². The van der Waals surface area contributed by atoms with Gasteiger partial charge in [-0.25, -0.2) is 4.79 Å². The number of esters is 2. The monoisotopic (exact) mass is 324 g/mol. The summed E-state index contributed by atoms with van der Waals surface area (Å²) in [6.45, 7) is 0. The van der Waals surface area contributed by atoms with E-state index in [1.165, 1.54) is 19.2 Å². The minimum absolute atomic E-state index is 0.292. The standard InChI is InChI=1S/C16H21NO6/c1-22-16(20)12-8-10-13(11-9-12)23-15(19)7-5-3-2-4-6-14(18)17-21/h8-11,21H,2-7H2,1H3,(H,17,18)/p+1. The summed E-state index contributed by atoms with van der Waals surface area (Å²) in [4.78, 5) is 33.8. The molecule has 126 valence electrons. The fourth-order valence-corrected chi connectivity index (χ4v) is 1.93. The van der Waals surface area contributed by atoms with E-state index < -0.39 is 5.97 Å². The summed E-state index contributed by atoms with van der Waals surface area (Å²) in [6, 6.07) is 6.16. The summed E-state index contributed by atoms with van der Waals surface area (Å²) in [5, 5.41) is 6.65. The lowest BCUT2D eigenvalue weighted by atomic mass is 10.1. The lowest BCUT2D eigenvalue weighted by Crippen LogP contribution is -2.17. The van der Waals surface area contributed by atoms with Gasteiger partial charge in [-0.15, -0.1) is 5.48 Å². The molecule has 1 aromatic rings. The summed E-state index contributed by atoms with van der Waals surface area (Å²) >= 11 is 0. The highest BCUT2D eigenvalue weighted by atomic mass is 16.5. The summed E-state index contributed by atoms with van der Waals surface area (Å²) in [5.41, 5.74) is 2.22. The Morgan fingerprint density at radius 2 is 1.61 bits per heavy atom. The zero-order chi connectivity index (χ0) is 17.1. The van der Waals surface area contributed by atoms with Gasteiger partial charge in [0.05, 0.1) is 12.7 Å². The molecule has 3 N–H and O–H groups in total. The number of hydrogen-bond acceptors (Lipinski definition) is 5. The van der Waals surface area contributed by atoms with Crippen molar-refractivity contribution in [3.63, 3.8) is 0 Å². The lowest BCUT2D eigenvalue weighted by Gasteiger charge is -2.05. The van der Waals surface area contributed by atoms with E-state index >= 15 is 0 Å². The van der Waals surface area contributed by atoms with Crippen LogP contribution < -0.4 is 10.2 Å². The molecule has 0 aliphatic rings. The molecule has 0 radical (unpaired) electrons. The predicted octanol–water partition coefficient (Wildman–Crippen LogP) is 1.47. The largest absolute Gasteiger partial charge is 0.465 e. The normalized spacial score (nSPS) is 10.0. The topological polar surface area (TPSA) is 105 Å². The lowest BCUT2D eigenvalue weighted by molar-refractivity contribution is -0.134. The van der Waals surface area contributed by atoms with Crippen LogP contribution in [0.1, 0.15) is 48.9 Å². The molecule has 7 heteroatoms. The Hall–Kier alpha value is -2.41. The van der Waals surface area contributed by atoms with E-state index in [4.69, 9.17) is 9.94 Å². The number of methoxy groups -OCH3 is 1. The number of carbonyl (C=O) groups is 3. The highest BCUT2D eigenvalue weighted by molar-refractivity contribution is 5.89. The van der Waals surface area contributed by atoms with Crippen molar-refractivity contribution < 1.29 is 29.1 Å². The van der Waals surface area contributed by atoms with Crippen LogP contribution in [0.25, 0.3) is 0 Å². The van der Waals surface area contributed by atoms with Crippen LogP contribution in [-0.2, 0) is 14.3 Å². The van der Waals surface area contributed by atoms with Gasteiger partial charge in [0.1, 0.15) is 5.75 Å². The molecule has 0 atom stereocenters. The van der Waals surface area contributed by atoms with E-state index in [-0.39, 0.29) is 11.9 Å². The second-order valence-electron chi connectivity index (χ2n) is 4.95. The molecule has 0 aliphatic heterocycles. The van der Waals surface area contributed by atoms with Crippen molar-refractivity contribution in [3.05, 3.63) is 29.8 Å². The number of carbonyl (C=O) groups excluding carboxylic acids is 3. The van der Waals surface area contributed by atoms with Crippen LogP contribution in [0.3, 0.4) is 0 Å². The van der Waals surface area contributed by atoms with Crippen molar-refractivity contribution in [2.24, 2.45) is 0 Å². The second-order valence-corrected chi connectivity index (χ2v) is 4.95. The third-order valence-electron chi connectivity index (χ3n) is 3.18. The molecule has 7 nitrogen and oxygen atoms in total. The Bertz CT molecular complexity index is 526. The maximum absolute atomic E-state index is 11.7. The summed E-state index contributed by atoms with van der Waals surface area (Å²) in [7, 11) is 1.30. The molecule has 0 saturated heterocycles. The molecule has 0 unspecified atom stereocenters. The van der Waals surface area contributed by atoms with E-state index in [1.54, 1.807) is 12.1 Å². The Morgan fingerprint density at radius 1 is 1.00 bits per heavy atom. The Morgan fingerprint density at radius 3 is 2.17 bits per heavy atom. The van der Waals surface area contributed by atoms with Crippen molar-refractivity contribution in [2.75, 3.05) is 7.11 Å². The molecule has 0 aliphatic carbocycles. The molecule has 0 fully saturated rings. The Balaban J connectivity index is 2.21. The maximum Gasteiger partial charge on any atom is 0.337 e. The van der Waals surface area contributed by atoms with Gasteiger partial charge < -0.3 is 14.7 Å². The molecular formula is C16H22NO6+. The second kappa shape index (κ2) is 10.3. The van der Waals surface area contributed by atoms with Gasteiger partial charge >= 0.3 is 11.9 Å². The zero-order valence-electron chi connectivity index (χ0n) is 13.1. The van der Waals surface area contributed by atoms with Gasteiger partial charge in [0.15, 0.2) is 0 Å². The first-order chi connectivity index (χ1) is 11.1. The first-order valence-electron chi connectivity index (χ1n) is 7.41. The molecule has 0 spiro atoms. The third-order valence-corrected chi connectivity index (χ3v) is 3.18. The fourth-order valence-electron chi connectivity index (χ4n) is 1.93. The number of ether oxygens (including phenoxy) is 2. The molecule has 0 saturated carbocycles. The summed E-state index contributed by atoms with van der Waals surface area (Å²) in [6.07, 6.45) is 3.66. The zero-order valence-corrected chi connectivity index (χ0v) is 13.1. The molecule has 1 aromatic carbocycles. The van der Waals surface area contributed by atoms with Gasteiger partial charge in [-0.05, 0) is 37.1 Å². The van der Waals surface area contributed by atoms with Gasteiger partial charge in [0.2, 0.25) is 0 Å². The van der Waals surface area contributed by atoms with Gasteiger partial charge in [0.25, 0.3) is 5.91 Å². The first-order valence-corrected chi connectivity index (χ1v) is 7.41. The summed E-state index contributed by atoms with van der Waals surface area (Å²) in [5.74, 6) is -0.684. The molecular weight excluding hydrogens is 302 g/mol. The van der Waals surface area contributed by atoms with E-state index in [9.17, 15) is 14.4 Å². The first kappa shape index (κ1) is 18.6. The number of unbranched alkanes of at least 4 members (excludes halogenated alkanes) is 3. The van der Waals surface area contributed by atoms with Crippen molar-refractivity contribution in [1.82, 2.24) is 5.48 Å². The quantitative estimate of drug-likeness (QED) is 0.243.